The summed E-state index contributed by atoms with van der Waals surface area (Å²) in [6.07, 6.45) is 102. The average molecular weight is 1250 g/mol. The number of unbranched alkanes of at least 4 members (excludes halogenated alkanes) is 36. The van der Waals surface area contributed by atoms with E-state index in [1.807, 2.05) is 27.2 Å². The first-order chi connectivity index (χ1) is 43.0. The summed E-state index contributed by atoms with van der Waals surface area (Å²) in [5.41, 5.74) is 0. The lowest BCUT2D eigenvalue weighted by molar-refractivity contribution is -0.870. The molecule has 0 aromatic heterocycles. The van der Waals surface area contributed by atoms with Crippen molar-refractivity contribution in [2.45, 2.75) is 334 Å². The molecule has 0 spiro atoms. The fraction of sp³-hybridized carbons (Fsp3) is 0.734. The number of nitrogens with zero attached hydrogens (tertiary/aromatic N) is 1. The van der Waals surface area contributed by atoms with Gasteiger partial charge in [-0.2, -0.15) is 0 Å². The zero-order valence-corrected chi connectivity index (χ0v) is 59.0. The van der Waals surface area contributed by atoms with E-state index < -0.39 is 26.6 Å². The highest BCUT2D eigenvalue weighted by atomic mass is 31.2. The number of aliphatic hydroxyl groups excluding tert-OH is 1. The predicted molar refractivity (Wildman–Crippen MR) is 385 cm³/mol. The number of quaternary nitrogens is 1. The topological polar surface area (TPSA) is 108 Å². The van der Waals surface area contributed by atoms with Crippen LogP contribution in [0.25, 0.3) is 0 Å². The minimum absolute atomic E-state index is 0.0138. The lowest BCUT2D eigenvalue weighted by atomic mass is 10.0. The fourth-order valence-corrected chi connectivity index (χ4v) is 11.2. The Morgan fingerprint density at radius 1 is 0.409 bits per heavy atom. The molecular formula is C79H141N2O6P. The normalized spacial score (nSPS) is 14.3. The van der Waals surface area contributed by atoms with Crippen LogP contribution in [-0.4, -0.2) is 68.5 Å². The summed E-state index contributed by atoms with van der Waals surface area (Å²) in [5, 5.41) is 13.9. The van der Waals surface area contributed by atoms with Crippen LogP contribution >= 0.6 is 7.82 Å². The monoisotopic (exact) mass is 1250 g/mol. The number of rotatable bonds is 67. The minimum Gasteiger partial charge on any atom is -0.756 e. The number of allylic oxidation sites excluding steroid dienone is 19. The summed E-state index contributed by atoms with van der Waals surface area (Å²) in [6.45, 7) is 4.53. The van der Waals surface area contributed by atoms with E-state index in [1.165, 1.54) is 212 Å². The summed E-state index contributed by atoms with van der Waals surface area (Å²) in [7, 11) is 1.23. The van der Waals surface area contributed by atoms with Gasteiger partial charge in [-0.15, -0.1) is 0 Å². The van der Waals surface area contributed by atoms with Crippen molar-refractivity contribution in [1.82, 2.24) is 5.32 Å². The van der Waals surface area contributed by atoms with Crippen molar-refractivity contribution < 1.29 is 32.9 Å². The molecule has 3 unspecified atom stereocenters. The third kappa shape index (κ3) is 70.4. The second-order valence-electron chi connectivity index (χ2n) is 25.9. The SMILES string of the molecule is CC/C=C\C/C=C\C/C=C\C/C=C\C/C=C\C/C=C\C/C=C\CCCCCCCCCCCCCCCC(=O)NC(COP(=O)([O-])OCC[N+](C)(C)C)C(O)/C=C/CC/C=C/CC/C=C/CCCCCCCCCCCCCCCCCCCCCCC. The molecule has 88 heavy (non-hydrogen) atoms. The molecule has 508 valence electrons. The minimum atomic E-state index is -4.63. The molecule has 0 bridgehead atoms. The van der Waals surface area contributed by atoms with Crippen LogP contribution in [0.3, 0.4) is 0 Å². The molecule has 0 rings (SSSR count). The summed E-state index contributed by atoms with van der Waals surface area (Å²) in [5.74, 6) is -0.214. The van der Waals surface area contributed by atoms with E-state index in [1.54, 1.807) is 6.08 Å². The van der Waals surface area contributed by atoms with Crippen LogP contribution in [0.15, 0.2) is 122 Å². The maximum absolute atomic E-state index is 13.1. The van der Waals surface area contributed by atoms with Gasteiger partial charge in [0.15, 0.2) is 0 Å². The fourth-order valence-electron chi connectivity index (χ4n) is 10.5. The standard InChI is InChI=1S/C79H141N2O6P/c1-6-8-10-12-14-16-18-20-22-24-26-28-30-32-34-36-38-39-40-41-43-45-47-49-51-53-55-57-59-61-63-65-67-69-71-73-79(83)80-77(76-87-88(84,85)86-75-74-81(3,4)5)78(82)72-70-68-66-64-62-60-58-56-54-52-50-48-46-44-42-37-35-33-31-29-27-25-23-21-19-17-15-13-11-9-7-2/h8,10,14,16,20,22,26,28,32,34,38-39,41,43,54,56,62,64,70,72,77-78,82H,6-7,9,11-13,15,17-19,21,23-25,27,29-31,33,35-37,40,42,44-53,55,57-61,63,65-69,71,73-76H2,1-5H3,(H-,80,83,84,85)/b10-8-,16-14-,22-20-,28-26-,34-32-,39-38-,43-41-,56-54+,64-62+,72-70+. The number of carbonyl (C=O) groups excluding carboxylic acids is 1. The number of likely N-dealkylation sites (N-methyl/N-ethyl adjacent to an activating group) is 1. The zero-order valence-electron chi connectivity index (χ0n) is 58.1. The van der Waals surface area contributed by atoms with Crippen LogP contribution < -0.4 is 10.2 Å². The average Bonchev–Trinajstić information content (AvgIpc) is 3.64. The number of amides is 1. The van der Waals surface area contributed by atoms with Gasteiger partial charge in [0, 0.05) is 6.42 Å². The number of nitrogens with one attached hydrogen (secondary N) is 1. The Labute approximate surface area is 545 Å². The molecule has 0 fully saturated rings. The molecular weight excluding hydrogens is 1100 g/mol. The number of aliphatic hydroxyl groups is 1. The largest absolute Gasteiger partial charge is 0.756 e. The number of hydrogen-bond acceptors (Lipinski definition) is 6. The molecule has 0 saturated heterocycles. The molecule has 3 atom stereocenters. The van der Waals surface area contributed by atoms with Crippen LogP contribution in [0.4, 0.5) is 0 Å². The number of hydrogen-bond donors (Lipinski definition) is 2. The van der Waals surface area contributed by atoms with Crippen molar-refractivity contribution in [3.05, 3.63) is 122 Å². The summed E-state index contributed by atoms with van der Waals surface area (Å²) < 4.78 is 23.5. The number of phosphoric acid groups is 1. The molecule has 0 aliphatic carbocycles. The van der Waals surface area contributed by atoms with E-state index >= 15 is 0 Å². The lowest BCUT2D eigenvalue weighted by Crippen LogP contribution is -2.45. The van der Waals surface area contributed by atoms with E-state index in [-0.39, 0.29) is 12.5 Å². The summed E-state index contributed by atoms with van der Waals surface area (Å²) in [6, 6.07) is -0.920. The van der Waals surface area contributed by atoms with Crippen molar-refractivity contribution in [2.24, 2.45) is 0 Å². The smallest absolute Gasteiger partial charge is 0.268 e. The van der Waals surface area contributed by atoms with Gasteiger partial charge in [0.1, 0.15) is 13.2 Å². The van der Waals surface area contributed by atoms with Crippen LogP contribution in [0.5, 0.6) is 0 Å². The second kappa shape index (κ2) is 68.3. The third-order valence-corrected chi connectivity index (χ3v) is 17.1. The number of phosphoric ester groups is 1. The Morgan fingerprint density at radius 2 is 0.705 bits per heavy atom. The van der Waals surface area contributed by atoms with Crippen LogP contribution in [0, 0.1) is 0 Å². The van der Waals surface area contributed by atoms with Crippen molar-refractivity contribution >= 4 is 13.7 Å². The first kappa shape index (κ1) is 84.9. The Morgan fingerprint density at radius 3 is 1.06 bits per heavy atom. The first-order valence-corrected chi connectivity index (χ1v) is 38.4. The number of carbonyl (C=O) groups is 1. The quantitative estimate of drug-likeness (QED) is 0.0272. The highest BCUT2D eigenvalue weighted by molar-refractivity contribution is 7.45. The van der Waals surface area contributed by atoms with Crippen molar-refractivity contribution in [1.29, 1.82) is 0 Å². The molecule has 2 N–H and O–H groups in total. The zero-order chi connectivity index (χ0) is 64.1. The van der Waals surface area contributed by atoms with Gasteiger partial charge in [-0.3, -0.25) is 9.36 Å². The van der Waals surface area contributed by atoms with E-state index in [2.05, 4.69) is 129 Å². The second-order valence-corrected chi connectivity index (χ2v) is 27.3. The van der Waals surface area contributed by atoms with E-state index in [4.69, 9.17) is 9.05 Å². The van der Waals surface area contributed by atoms with Crippen LogP contribution in [-0.2, 0) is 18.4 Å². The Kier molecular flexibility index (Phi) is 65.9. The third-order valence-electron chi connectivity index (χ3n) is 16.1. The first-order valence-electron chi connectivity index (χ1n) is 36.9. The van der Waals surface area contributed by atoms with Crippen molar-refractivity contribution in [3.63, 3.8) is 0 Å². The van der Waals surface area contributed by atoms with Gasteiger partial charge in [0.05, 0.1) is 39.9 Å². The Hall–Kier alpha value is -3.10. The molecule has 8 nitrogen and oxygen atoms in total. The molecule has 0 aromatic rings. The highest BCUT2D eigenvalue weighted by Gasteiger charge is 2.23. The summed E-state index contributed by atoms with van der Waals surface area (Å²) >= 11 is 0. The highest BCUT2D eigenvalue weighted by Crippen LogP contribution is 2.38. The molecule has 0 saturated carbocycles. The van der Waals surface area contributed by atoms with Gasteiger partial charge in [-0.05, 0) is 103 Å². The maximum atomic E-state index is 13.1. The molecule has 0 radical (unpaired) electrons. The predicted octanol–water partition coefficient (Wildman–Crippen LogP) is 23.4. The lowest BCUT2D eigenvalue weighted by Gasteiger charge is -2.29. The van der Waals surface area contributed by atoms with E-state index in [0.717, 1.165) is 89.9 Å². The molecule has 0 aliphatic heterocycles. The van der Waals surface area contributed by atoms with E-state index in [0.29, 0.717) is 17.4 Å². The van der Waals surface area contributed by atoms with Gasteiger partial charge < -0.3 is 28.8 Å². The Balaban J connectivity index is 4.13. The van der Waals surface area contributed by atoms with Crippen molar-refractivity contribution in [3.8, 4) is 0 Å². The van der Waals surface area contributed by atoms with Gasteiger partial charge in [0.2, 0.25) is 5.91 Å². The van der Waals surface area contributed by atoms with Gasteiger partial charge in [0.25, 0.3) is 7.82 Å². The molecule has 9 heteroatoms. The van der Waals surface area contributed by atoms with Gasteiger partial charge in [-0.1, -0.05) is 334 Å². The van der Waals surface area contributed by atoms with Crippen LogP contribution in [0.2, 0.25) is 0 Å². The maximum Gasteiger partial charge on any atom is 0.268 e. The Bertz CT molecular complexity index is 1850. The molecule has 1 amide bonds. The van der Waals surface area contributed by atoms with Crippen molar-refractivity contribution in [2.75, 3.05) is 40.9 Å². The molecule has 0 aromatic carbocycles. The molecule has 0 heterocycles. The molecule has 0 aliphatic rings. The van der Waals surface area contributed by atoms with Gasteiger partial charge >= 0.3 is 0 Å². The summed E-state index contributed by atoms with van der Waals surface area (Å²) in [4.78, 5) is 25.7. The van der Waals surface area contributed by atoms with Gasteiger partial charge in [-0.25, -0.2) is 0 Å². The van der Waals surface area contributed by atoms with E-state index in [9.17, 15) is 19.4 Å². The van der Waals surface area contributed by atoms with Crippen LogP contribution in [0.1, 0.15) is 322 Å².